The summed E-state index contributed by atoms with van der Waals surface area (Å²) in [6, 6.07) is 2.21. The molecule has 0 aliphatic rings. The molecule has 0 spiro atoms. The van der Waals surface area contributed by atoms with E-state index < -0.39 is 34.7 Å². The second kappa shape index (κ2) is 5.85. The van der Waals surface area contributed by atoms with Crippen LogP contribution in [0.5, 0.6) is 5.75 Å². The van der Waals surface area contributed by atoms with E-state index in [1.165, 1.54) is 6.92 Å². The van der Waals surface area contributed by atoms with Crippen molar-refractivity contribution in [3.05, 3.63) is 29.3 Å². The van der Waals surface area contributed by atoms with E-state index in [1.54, 1.807) is 0 Å². The molecule has 0 heterocycles. The molecule has 106 valence electrons. The largest absolute Gasteiger partial charge is 0.434 e. The van der Waals surface area contributed by atoms with Gasteiger partial charge in [0.1, 0.15) is 5.75 Å². The maximum atomic E-state index is 12.7. The lowest BCUT2D eigenvalue weighted by molar-refractivity contribution is -0.141. The highest BCUT2D eigenvalue weighted by Crippen LogP contribution is 2.37. The van der Waals surface area contributed by atoms with E-state index in [4.69, 9.17) is 0 Å². The summed E-state index contributed by atoms with van der Waals surface area (Å²) in [5.41, 5.74) is -1.65. The van der Waals surface area contributed by atoms with Crippen molar-refractivity contribution in [1.29, 1.82) is 0 Å². The van der Waals surface area contributed by atoms with Gasteiger partial charge in [-0.2, -0.15) is 22.0 Å². The number of ketones is 1. The number of alkyl halides is 6. The zero-order valence-electron chi connectivity index (χ0n) is 9.47. The topological polar surface area (TPSA) is 26.3 Å². The average molecular weight is 347 g/mol. The summed E-state index contributed by atoms with van der Waals surface area (Å²) in [4.78, 5) is 10.9. The molecule has 0 N–H and O–H groups in total. The van der Waals surface area contributed by atoms with Crippen LogP contribution in [0.1, 0.15) is 22.8 Å². The summed E-state index contributed by atoms with van der Waals surface area (Å²) < 4.78 is 65.9. The highest BCUT2D eigenvalue weighted by molar-refractivity contribution is 9.10. The van der Waals surface area contributed by atoms with E-state index in [0.29, 0.717) is 12.1 Å². The van der Waals surface area contributed by atoms with Gasteiger partial charge in [0.2, 0.25) is 0 Å². The SMILES string of the molecule is CC(Br)C(=O)c1ccc(OC(F)F)c(C(F)(F)F)c1. The first-order valence-electron chi connectivity index (χ1n) is 4.97. The minimum absolute atomic E-state index is 0.238. The fraction of sp³-hybridized carbons (Fsp3) is 0.364. The Bertz CT molecular complexity index is 471. The second-order valence-electron chi connectivity index (χ2n) is 3.57. The lowest BCUT2D eigenvalue weighted by atomic mass is 10.0. The van der Waals surface area contributed by atoms with Crippen LogP contribution in [0.25, 0.3) is 0 Å². The van der Waals surface area contributed by atoms with Gasteiger partial charge in [0, 0.05) is 5.56 Å². The van der Waals surface area contributed by atoms with Crippen molar-refractivity contribution in [2.75, 3.05) is 0 Å². The molecule has 1 aromatic rings. The van der Waals surface area contributed by atoms with Crippen molar-refractivity contribution >= 4 is 21.7 Å². The minimum atomic E-state index is -4.89. The van der Waals surface area contributed by atoms with Crippen molar-refractivity contribution in [2.24, 2.45) is 0 Å². The summed E-state index contributed by atoms with van der Waals surface area (Å²) >= 11 is 2.93. The van der Waals surface area contributed by atoms with Gasteiger partial charge in [-0.1, -0.05) is 15.9 Å². The Morgan fingerprint density at radius 2 is 1.89 bits per heavy atom. The molecular formula is C11H8BrF5O2. The smallest absolute Gasteiger partial charge is 0.419 e. The van der Waals surface area contributed by atoms with Crippen LogP contribution in [-0.2, 0) is 6.18 Å². The van der Waals surface area contributed by atoms with Crippen LogP contribution in [0, 0.1) is 0 Å². The van der Waals surface area contributed by atoms with Crippen molar-refractivity contribution in [3.8, 4) is 5.75 Å². The second-order valence-corrected chi connectivity index (χ2v) is 4.94. The molecule has 0 saturated heterocycles. The van der Waals surface area contributed by atoms with Crippen LogP contribution < -0.4 is 4.74 Å². The van der Waals surface area contributed by atoms with Gasteiger partial charge in [0.15, 0.2) is 5.78 Å². The molecule has 2 nitrogen and oxygen atoms in total. The number of ether oxygens (including phenoxy) is 1. The predicted molar refractivity (Wildman–Crippen MR) is 60.8 cm³/mol. The molecular weight excluding hydrogens is 339 g/mol. The van der Waals surface area contributed by atoms with Gasteiger partial charge in [-0.05, 0) is 25.1 Å². The molecule has 0 aromatic heterocycles. The molecule has 19 heavy (non-hydrogen) atoms. The van der Waals surface area contributed by atoms with E-state index in [2.05, 4.69) is 20.7 Å². The van der Waals surface area contributed by atoms with Crippen LogP contribution in [0.4, 0.5) is 22.0 Å². The number of Topliss-reactive ketones (excluding diaryl/α,β-unsaturated/α-hetero) is 1. The Labute approximate surface area is 113 Å². The molecule has 1 unspecified atom stereocenters. The Balaban J connectivity index is 3.27. The number of carbonyl (C=O) groups excluding carboxylic acids is 1. The molecule has 1 atom stereocenters. The predicted octanol–water partition coefficient (Wildman–Crippen LogP) is 4.27. The summed E-state index contributed by atoms with van der Waals surface area (Å²) in [6.45, 7) is -1.93. The molecule has 1 rings (SSSR count). The number of hydrogen-bond donors (Lipinski definition) is 0. The monoisotopic (exact) mass is 346 g/mol. The number of rotatable bonds is 4. The molecule has 1 aromatic carbocycles. The first-order chi connectivity index (χ1) is 8.62. The number of hydrogen-bond acceptors (Lipinski definition) is 2. The fourth-order valence-corrected chi connectivity index (χ4v) is 1.60. The van der Waals surface area contributed by atoms with Crippen molar-refractivity contribution in [2.45, 2.75) is 24.5 Å². The lowest BCUT2D eigenvalue weighted by Gasteiger charge is -2.14. The molecule has 8 heteroatoms. The van der Waals surface area contributed by atoms with Gasteiger partial charge in [0.05, 0.1) is 10.4 Å². The van der Waals surface area contributed by atoms with Gasteiger partial charge >= 0.3 is 12.8 Å². The van der Waals surface area contributed by atoms with Crippen LogP contribution in [-0.4, -0.2) is 17.2 Å². The average Bonchev–Trinajstić information content (AvgIpc) is 2.26. The van der Waals surface area contributed by atoms with Crippen molar-refractivity contribution in [3.63, 3.8) is 0 Å². The molecule has 0 radical (unpaired) electrons. The van der Waals surface area contributed by atoms with Crippen LogP contribution in [0.2, 0.25) is 0 Å². The van der Waals surface area contributed by atoms with E-state index in [9.17, 15) is 26.7 Å². The minimum Gasteiger partial charge on any atom is -0.434 e. The quantitative estimate of drug-likeness (QED) is 0.462. The van der Waals surface area contributed by atoms with E-state index in [-0.39, 0.29) is 5.56 Å². The highest BCUT2D eigenvalue weighted by Gasteiger charge is 2.36. The van der Waals surface area contributed by atoms with Crippen molar-refractivity contribution < 1.29 is 31.5 Å². The number of carbonyl (C=O) groups is 1. The normalized spacial score (nSPS) is 13.5. The Kier molecular flexibility index (Phi) is 4.89. The standard InChI is InChI=1S/C11H8BrF5O2/c1-5(12)9(18)6-2-3-8(19-10(13)14)7(4-6)11(15,16)17/h2-5,10H,1H3. The highest BCUT2D eigenvalue weighted by atomic mass is 79.9. The molecule has 0 bridgehead atoms. The summed E-state index contributed by atoms with van der Waals surface area (Å²) in [5, 5.41) is 0. The molecule has 0 amide bonds. The fourth-order valence-electron chi connectivity index (χ4n) is 1.33. The van der Waals surface area contributed by atoms with Crippen LogP contribution in [0.3, 0.4) is 0 Å². The maximum Gasteiger partial charge on any atom is 0.419 e. The van der Waals surface area contributed by atoms with Crippen LogP contribution in [0.15, 0.2) is 18.2 Å². The third-order valence-electron chi connectivity index (χ3n) is 2.15. The van der Waals surface area contributed by atoms with E-state index in [1.807, 2.05) is 0 Å². The summed E-state index contributed by atoms with van der Waals surface area (Å²) in [6.07, 6.45) is -4.89. The maximum absolute atomic E-state index is 12.7. The molecule has 0 aliphatic carbocycles. The van der Waals surface area contributed by atoms with Gasteiger partial charge < -0.3 is 4.74 Å². The van der Waals surface area contributed by atoms with Crippen molar-refractivity contribution in [1.82, 2.24) is 0 Å². The zero-order valence-corrected chi connectivity index (χ0v) is 11.1. The molecule has 0 aliphatic heterocycles. The van der Waals surface area contributed by atoms with Gasteiger partial charge in [-0.25, -0.2) is 0 Å². The Morgan fingerprint density at radius 1 is 1.32 bits per heavy atom. The lowest BCUT2D eigenvalue weighted by Crippen LogP contribution is -2.15. The first-order valence-corrected chi connectivity index (χ1v) is 5.89. The summed E-state index contributed by atoms with van der Waals surface area (Å²) in [5.74, 6) is -1.60. The van der Waals surface area contributed by atoms with E-state index >= 15 is 0 Å². The number of benzene rings is 1. The Morgan fingerprint density at radius 3 is 2.32 bits per heavy atom. The third kappa shape index (κ3) is 4.15. The Hall–Kier alpha value is -1.18. The van der Waals surface area contributed by atoms with Gasteiger partial charge in [-0.3, -0.25) is 4.79 Å². The van der Waals surface area contributed by atoms with Gasteiger partial charge in [-0.15, -0.1) is 0 Å². The van der Waals surface area contributed by atoms with Crippen LogP contribution >= 0.6 is 15.9 Å². The molecule has 0 saturated carbocycles. The molecule has 0 fully saturated rings. The first kappa shape index (κ1) is 15.9. The summed E-state index contributed by atoms with van der Waals surface area (Å²) in [7, 11) is 0. The van der Waals surface area contributed by atoms with E-state index in [0.717, 1.165) is 6.07 Å². The number of halogens is 6. The van der Waals surface area contributed by atoms with Gasteiger partial charge in [0.25, 0.3) is 0 Å². The third-order valence-corrected chi connectivity index (χ3v) is 2.56. The zero-order chi connectivity index (χ0) is 14.8.